The van der Waals surface area contributed by atoms with Crippen LogP contribution in [0.3, 0.4) is 0 Å². The molecule has 0 radical (unpaired) electrons. The molecule has 0 spiro atoms. The van der Waals surface area contributed by atoms with Crippen LogP contribution in [0.1, 0.15) is 27.5 Å². The molecule has 2 amide bonds. The van der Waals surface area contributed by atoms with E-state index < -0.39 is 12.4 Å². The van der Waals surface area contributed by atoms with Crippen LogP contribution in [0.5, 0.6) is 5.75 Å². The number of nitrogens with one attached hydrogen (secondary N) is 1. The zero-order valence-corrected chi connectivity index (χ0v) is 19.4. The fourth-order valence-corrected chi connectivity index (χ4v) is 4.21. The van der Waals surface area contributed by atoms with E-state index in [1.165, 1.54) is 12.1 Å². The van der Waals surface area contributed by atoms with Gasteiger partial charge in [-0.25, -0.2) is 0 Å². The first-order chi connectivity index (χ1) is 17.3. The van der Waals surface area contributed by atoms with Crippen molar-refractivity contribution >= 4 is 11.8 Å². The maximum atomic E-state index is 13.3. The van der Waals surface area contributed by atoms with E-state index in [9.17, 15) is 22.8 Å². The Hall–Kier alpha value is -3.85. The van der Waals surface area contributed by atoms with E-state index in [0.717, 1.165) is 23.3 Å². The fourth-order valence-electron chi connectivity index (χ4n) is 4.21. The number of ether oxygens (including phenoxy) is 1. The number of carbonyl (C=O) groups is 2. The summed E-state index contributed by atoms with van der Waals surface area (Å²) < 4.78 is 41.0. The highest BCUT2D eigenvalue weighted by molar-refractivity contribution is 5.94. The predicted molar refractivity (Wildman–Crippen MR) is 128 cm³/mol. The van der Waals surface area contributed by atoms with Crippen molar-refractivity contribution in [1.82, 2.24) is 15.1 Å². The Morgan fingerprint density at radius 1 is 0.833 bits per heavy atom. The smallest absolute Gasteiger partial charge is 0.406 e. The number of nitrogens with zero attached hydrogens (tertiary/aromatic N) is 2. The molecule has 9 heteroatoms. The molecule has 6 nitrogen and oxygen atoms in total. The highest BCUT2D eigenvalue weighted by atomic mass is 19.4. The SMILES string of the molecule is O=C(NCc1ccccc1)[C@@H](c1ccccc1)N1CCN(C(=O)c2ccc(OC(F)(F)F)cc2)CC1. The van der Waals surface area contributed by atoms with E-state index in [1.807, 2.05) is 65.6 Å². The maximum absolute atomic E-state index is 13.3. The Balaban J connectivity index is 1.40. The van der Waals surface area contributed by atoms with Gasteiger partial charge in [0.1, 0.15) is 11.8 Å². The van der Waals surface area contributed by atoms with Crippen LogP contribution in [0.2, 0.25) is 0 Å². The summed E-state index contributed by atoms with van der Waals surface area (Å²) in [4.78, 5) is 29.8. The molecule has 3 aromatic carbocycles. The molecule has 1 atom stereocenters. The molecule has 0 saturated carbocycles. The molecule has 0 bridgehead atoms. The lowest BCUT2D eigenvalue weighted by molar-refractivity contribution is -0.274. The minimum absolute atomic E-state index is 0.120. The molecule has 1 N–H and O–H groups in total. The molecule has 0 aromatic heterocycles. The van der Waals surface area contributed by atoms with E-state index in [0.29, 0.717) is 32.7 Å². The average molecular weight is 498 g/mol. The molecule has 1 heterocycles. The number of rotatable bonds is 7. The first-order valence-electron chi connectivity index (χ1n) is 11.6. The van der Waals surface area contributed by atoms with Gasteiger partial charge in [-0.15, -0.1) is 13.2 Å². The number of amides is 2. The van der Waals surface area contributed by atoms with Crippen molar-refractivity contribution in [2.45, 2.75) is 18.9 Å². The second-order valence-electron chi connectivity index (χ2n) is 8.42. The highest BCUT2D eigenvalue weighted by Crippen LogP contribution is 2.25. The molecular weight excluding hydrogens is 471 g/mol. The van der Waals surface area contributed by atoms with Crippen molar-refractivity contribution in [2.24, 2.45) is 0 Å². The molecular formula is C27H26F3N3O3. The van der Waals surface area contributed by atoms with Gasteiger partial charge < -0.3 is 15.0 Å². The first-order valence-corrected chi connectivity index (χ1v) is 11.6. The minimum Gasteiger partial charge on any atom is -0.406 e. The molecule has 4 rings (SSSR count). The Morgan fingerprint density at radius 2 is 1.42 bits per heavy atom. The van der Waals surface area contributed by atoms with Gasteiger partial charge in [0.2, 0.25) is 5.91 Å². The van der Waals surface area contributed by atoms with Crippen molar-refractivity contribution < 1.29 is 27.5 Å². The number of hydrogen-bond acceptors (Lipinski definition) is 4. The molecule has 1 aliphatic rings. The minimum atomic E-state index is -4.79. The Bertz CT molecular complexity index is 1150. The van der Waals surface area contributed by atoms with Gasteiger partial charge in [0.05, 0.1) is 0 Å². The maximum Gasteiger partial charge on any atom is 0.573 e. The van der Waals surface area contributed by atoms with Gasteiger partial charge in [0.15, 0.2) is 0 Å². The monoisotopic (exact) mass is 497 g/mol. The van der Waals surface area contributed by atoms with Gasteiger partial charge in [0.25, 0.3) is 5.91 Å². The van der Waals surface area contributed by atoms with Gasteiger partial charge >= 0.3 is 6.36 Å². The van der Waals surface area contributed by atoms with Gasteiger partial charge in [-0.1, -0.05) is 60.7 Å². The van der Waals surface area contributed by atoms with Crippen molar-refractivity contribution in [3.05, 3.63) is 102 Å². The van der Waals surface area contributed by atoms with Crippen LogP contribution < -0.4 is 10.1 Å². The van der Waals surface area contributed by atoms with Gasteiger partial charge in [-0.05, 0) is 35.4 Å². The zero-order chi connectivity index (χ0) is 25.5. The number of alkyl halides is 3. The molecule has 0 aliphatic carbocycles. The lowest BCUT2D eigenvalue weighted by Crippen LogP contribution is -2.52. The van der Waals surface area contributed by atoms with Crippen molar-refractivity contribution in [1.29, 1.82) is 0 Å². The molecule has 188 valence electrons. The lowest BCUT2D eigenvalue weighted by Gasteiger charge is -2.38. The quantitative estimate of drug-likeness (QED) is 0.526. The zero-order valence-electron chi connectivity index (χ0n) is 19.4. The predicted octanol–water partition coefficient (Wildman–Crippen LogP) is 4.40. The summed E-state index contributed by atoms with van der Waals surface area (Å²) in [6, 6.07) is 23.5. The molecule has 36 heavy (non-hydrogen) atoms. The number of halogens is 3. The van der Waals surface area contributed by atoms with E-state index >= 15 is 0 Å². The molecule has 3 aromatic rings. The Kier molecular flexibility index (Phi) is 7.90. The third-order valence-corrected chi connectivity index (χ3v) is 5.97. The third-order valence-electron chi connectivity index (χ3n) is 5.97. The second kappa shape index (κ2) is 11.3. The molecule has 1 fully saturated rings. The fraction of sp³-hybridized carbons (Fsp3) is 0.259. The van der Waals surface area contributed by atoms with Gasteiger partial charge in [-0.2, -0.15) is 0 Å². The average Bonchev–Trinajstić information content (AvgIpc) is 2.88. The summed E-state index contributed by atoms with van der Waals surface area (Å²) in [6.07, 6.45) is -4.79. The largest absolute Gasteiger partial charge is 0.573 e. The van der Waals surface area contributed by atoms with E-state index in [1.54, 1.807) is 4.90 Å². The number of piperazine rings is 1. The topological polar surface area (TPSA) is 61.9 Å². The highest BCUT2D eigenvalue weighted by Gasteiger charge is 2.33. The molecule has 1 aliphatic heterocycles. The van der Waals surface area contributed by atoms with E-state index in [4.69, 9.17) is 0 Å². The van der Waals surface area contributed by atoms with Crippen LogP contribution >= 0.6 is 0 Å². The summed E-state index contributed by atoms with van der Waals surface area (Å²) in [5, 5.41) is 3.02. The molecule has 1 saturated heterocycles. The van der Waals surface area contributed by atoms with Crippen LogP contribution in [-0.4, -0.2) is 54.2 Å². The van der Waals surface area contributed by atoms with Crippen molar-refractivity contribution in [2.75, 3.05) is 26.2 Å². The number of hydrogen-bond donors (Lipinski definition) is 1. The third kappa shape index (κ3) is 6.63. The van der Waals surface area contributed by atoms with Crippen LogP contribution in [0, 0.1) is 0 Å². The summed E-state index contributed by atoms with van der Waals surface area (Å²) in [7, 11) is 0. The van der Waals surface area contributed by atoms with Crippen LogP contribution in [-0.2, 0) is 11.3 Å². The lowest BCUT2D eigenvalue weighted by atomic mass is 10.0. The summed E-state index contributed by atoms with van der Waals surface area (Å²) >= 11 is 0. The first kappa shape index (κ1) is 25.2. The number of benzene rings is 3. The van der Waals surface area contributed by atoms with Crippen LogP contribution in [0.4, 0.5) is 13.2 Å². The van der Waals surface area contributed by atoms with Crippen LogP contribution in [0.15, 0.2) is 84.9 Å². The normalized spacial score (nSPS) is 15.2. The summed E-state index contributed by atoms with van der Waals surface area (Å²) in [5.41, 5.74) is 2.14. The van der Waals surface area contributed by atoms with Crippen molar-refractivity contribution in [3.63, 3.8) is 0 Å². The second-order valence-corrected chi connectivity index (χ2v) is 8.42. The van der Waals surface area contributed by atoms with Crippen LogP contribution in [0.25, 0.3) is 0 Å². The van der Waals surface area contributed by atoms with E-state index in [-0.39, 0.29) is 23.1 Å². The number of carbonyl (C=O) groups excluding carboxylic acids is 2. The standard InChI is InChI=1S/C27H26F3N3O3/c28-27(29,30)36-23-13-11-22(12-14-23)26(35)33-17-15-32(16-18-33)24(21-9-5-2-6-10-21)25(34)31-19-20-7-3-1-4-8-20/h1-14,24H,15-19H2,(H,31,34)/t24-/m1/s1. The summed E-state index contributed by atoms with van der Waals surface area (Å²) in [5.74, 6) is -0.779. The summed E-state index contributed by atoms with van der Waals surface area (Å²) in [6.45, 7) is 2.12. The Labute approximate surface area is 207 Å². The van der Waals surface area contributed by atoms with Crippen molar-refractivity contribution in [3.8, 4) is 5.75 Å². The van der Waals surface area contributed by atoms with Gasteiger partial charge in [0, 0.05) is 38.3 Å². The molecule has 0 unspecified atom stereocenters. The Morgan fingerprint density at radius 3 is 2.00 bits per heavy atom. The van der Waals surface area contributed by atoms with E-state index in [2.05, 4.69) is 10.1 Å². The van der Waals surface area contributed by atoms with Gasteiger partial charge in [-0.3, -0.25) is 14.5 Å².